The molecule has 0 saturated carbocycles. The average molecular weight is 434 g/mol. The van der Waals surface area contributed by atoms with Crippen LogP contribution in [-0.2, 0) is 0 Å². The van der Waals surface area contributed by atoms with Gasteiger partial charge in [0.25, 0.3) is 0 Å². The topological polar surface area (TPSA) is 12.9 Å². The number of nitrogens with zero attached hydrogens (tertiary/aromatic N) is 1. The van der Waals surface area contributed by atoms with Crippen molar-refractivity contribution in [3.63, 3.8) is 0 Å². The van der Waals surface area contributed by atoms with Crippen molar-refractivity contribution in [3.05, 3.63) is 102 Å². The van der Waals surface area contributed by atoms with Crippen LogP contribution in [-0.4, -0.2) is 4.98 Å². The van der Waals surface area contributed by atoms with E-state index in [4.69, 9.17) is 4.98 Å². The number of aromatic nitrogens is 1. The van der Waals surface area contributed by atoms with E-state index >= 15 is 0 Å². The molecule has 0 aliphatic rings. The SMILES string of the molecule is Brc1ccc2nc3c(ccc4ccccc43)c(-c3ccc4ccccc4c3)c2c1. The van der Waals surface area contributed by atoms with Gasteiger partial charge in [-0.25, -0.2) is 4.98 Å². The Hall–Kier alpha value is -3.23. The molecule has 136 valence electrons. The maximum absolute atomic E-state index is 5.07. The summed E-state index contributed by atoms with van der Waals surface area (Å²) < 4.78 is 1.06. The Morgan fingerprint density at radius 2 is 1.31 bits per heavy atom. The minimum atomic E-state index is 1.01. The van der Waals surface area contributed by atoms with Gasteiger partial charge in [0, 0.05) is 26.2 Å². The fourth-order valence-electron chi connectivity index (χ4n) is 4.30. The molecule has 0 radical (unpaired) electrons. The highest BCUT2D eigenvalue weighted by molar-refractivity contribution is 9.10. The average Bonchev–Trinajstić information content (AvgIpc) is 2.77. The van der Waals surface area contributed by atoms with Crippen LogP contribution in [0.1, 0.15) is 0 Å². The molecule has 1 heterocycles. The second-order valence-corrected chi connectivity index (χ2v) is 8.31. The van der Waals surface area contributed by atoms with Crippen molar-refractivity contribution in [1.82, 2.24) is 4.98 Å². The summed E-state index contributed by atoms with van der Waals surface area (Å²) in [6.07, 6.45) is 0. The maximum Gasteiger partial charge on any atom is 0.0794 e. The van der Waals surface area contributed by atoms with Crippen LogP contribution in [0.4, 0.5) is 0 Å². The minimum absolute atomic E-state index is 1.01. The van der Waals surface area contributed by atoms with Crippen LogP contribution in [0.15, 0.2) is 102 Å². The lowest BCUT2D eigenvalue weighted by Crippen LogP contribution is -1.91. The fourth-order valence-corrected chi connectivity index (χ4v) is 4.67. The molecular formula is C27H16BrN. The molecular weight excluding hydrogens is 418 g/mol. The van der Waals surface area contributed by atoms with Gasteiger partial charge in [-0.05, 0) is 46.0 Å². The Balaban J connectivity index is 1.82. The molecule has 5 aromatic carbocycles. The standard InChI is InChI=1S/C27H16BrN/c28-21-12-14-25-24(16-21)26(20-10-9-17-5-1-2-7-19(17)15-20)23-13-11-18-6-3-4-8-22(18)27(23)29-25/h1-16H. The van der Waals surface area contributed by atoms with Crippen molar-refractivity contribution >= 4 is 59.3 Å². The molecule has 0 N–H and O–H groups in total. The largest absolute Gasteiger partial charge is 0.247 e. The summed E-state index contributed by atoms with van der Waals surface area (Å²) in [5, 5.41) is 7.26. The quantitative estimate of drug-likeness (QED) is 0.188. The first kappa shape index (κ1) is 16.7. The van der Waals surface area contributed by atoms with Gasteiger partial charge in [0.15, 0.2) is 0 Å². The lowest BCUT2D eigenvalue weighted by Gasteiger charge is -2.14. The van der Waals surface area contributed by atoms with E-state index in [1.165, 1.54) is 38.1 Å². The number of hydrogen-bond donors (Lipinski definition) is 0. The van der Waals surface area contributed by atoms with E-state index < -0.39 is 0 Å². The van der Waals surface area contributed by atoms with Gasteiger partial charge in [0.1, 0.15) is 0 Å². The molecule has 1 aromatic heterocycles. The van der Waals surface area contributed by atoms with E-state index in [9.17, 15) is 0 Å². The molecule has 6 rings (SSSR count). The van der Waals surface area contributed by atoms with E-state index in [1.54, 1.807) is 0 Å². The molecule has 0 aliphatic carbocycles. The van der Waals surface area contributed by atoms with Crippen LogP contribution in [0.3, 0.4) is 0 Å². The summed E-state index contributed by atoms with van der Waals surface area (Å²) >= 11 is 3.65. The van der Waals surface area contributed by atoms with E-state index in [0.717, 1.165) is 20.9 Å². The number of rotatable bonds is 1. The van der Waals surface area contributed by atoms with Crippen LogP contribution in [0, 0.1) is 0 Å². The van der Waals surface area contributed by atoms with Crippen LogP contribution in [0.5, 0.6) is 0 Å². The van der Waals surface area contributed by atoms with Gasteiger partial charge in [-0.1, -0.05) is 88.7 Å². The molecule has 6 aromatic rings. The van der Waals surface area contributed by atoms with Crippen LogP contribution >= 0.6 is 15.9 Å². The van der Waals surface area contributed by atoms with Gasteiger partial charge in [0.05, 0.1) is 11.0 Å². The maximum atomic E-state index is 5.07. The monoisotopic (exact) mass is 433 g/mol. The summed E-state index contributed by atoms with van der Waals surface area (Å²) in [6.45, 7) is 0. The van der Waals surface area contributed by atoms with Gasteiger partial charge < -0.3 is 0 Å². The highest BCUT2D eigenvalue weighted by Crippen LogP contribution is 2.39. The summed E-state index contributed by atoms with van der Waals surface area (Å²) in [4.78, 5) is 5.07. The fraction of sp³-hybridized carbons (Fsp3) is 0. The van der Waals surface area contributed by atoms with E-state index in [0.29, 0.717) is 0 Å². The predicted octanol–water partition coefficient (Wildman–Crippen LogP) is 8.12. The highest BCUT2D eigenvalue weighted by Gasteiger charge is 2.14. The molecule has 0 fully saturated rings. The zero-order valence-electron chi connectivity index (χ0n) is 15.6. The van der Waals surface area contributed by atoms with Crippen molar-refractivity contribution in [2.24, 2.45) is 0 Å². The molecule has 0 unspecified atom stereocenters. The number of benzene rings is 5. The zero-order chi connectivity index (χ0) is 19.4. The first-order chi connectivity index (χ1) is 14.3. The molecule has 0 bridgehead atoms. The van der Waals surface area contributed by atoms with E-state index in [1.807, 2.05) is 0 Å². The van der Waals surface area contributed by atoms with Gasteiger partial charge in [-0.3, -0.25) is 0 Å². The lowest BCUT2D eigenvalue weighted by atomic mass is 9.93. The van der Waals surface area contributed by atoms with Gasteiger partial charge in [0.2, 0.25) is 0 Å². The van der Waals surface area contributed by atoms with Crippen LogP contribution in [0.2, 0.25) is 0 Å². The Labute approximate surface area is 176 Å². The lowest BCUT2D eigenvalue weighted by molar-refractivity contribution is 1.50. The van der Waals surface area contributed by atoms with E-state index in [-0.39, 0.29) is 0 Å². The van der Waals surface area contributed by atoms with Crippen molar-refractivity contribution in [3.8, 4) is 11.1 Å². The first-order valence-corrected chi connectivity index (χ1v) is 10.5. The second-order valence-electron chi connectivity index (χ2n) is 7.39. The Bertz CT molecular complexity index is 1570. The zero-order valence-corrected chi connectivity index (χ0v) is 17.1. The molecule has 29 heavy (non-hydrogen) atoms. The third kappa shape index (κ3) is 2.64. The normalized spacial score (nSPS) is 11.6. The Morgan fingerprint density at radius 1 is 0.552 bits per heavy atom. The number of pyridine rings is 1. The first-order valence-electron chi connectivity index (χ1n) is 9.68. The van der Waals surface area contributed by atoms with Gasteiger partial charge in [-0.2, -0.15) is 0 Å². The molecule has 2 heteroatoms. The Morgan fingerprint density at radius 3 is 2.21 bits per heavy atom. The van der Waals surface area contributed by atoms with E-state index in [2.05, 4.69) is 113 Å². The highest BCUT2D eigenvalue weighted by atomic mass is 79.9. The van der Waals surface area contributed by atoms with Crippen LogP contribution < -0.4 is 0 Å². The molecule has 0 atom stereocenters. The smallest absolute Gasteiger partial charge is 0.0794 e. The summed E-state index contributed by atoms with van der Waals surface area (Å²) in [7, 11) is 0. The Kier molecular flexibility index (Phi) is 3.68. The van der Waals surface area contributed by atoms with Gasteiger partial charge in [-0.15, -0.1) is 0 Å². The summed E-state index contributed by atoms with van der Waals surface area (Å²) in [5.41, 5.74) is 4.53. The summed E-state index contributed by atoms with van der Waals surface area (Å²) in [6, 6.07) is 34.5. The van der Waals surface area contributed by atoms with Gasteiger partial charge >= 0.3 is 0 Å². The minimum Gasteiger partial charge on any atom is -0.247 e. The summed E-state index contributed by atoms with van der Waals surface area (Å²) in [5.74, 6) is 0. The van der Waals surface area contributed by atoms with Crippen LogP contribution in [0.25, 0.3) is 54.5 Å². The third-order valence-corrected chi connectivity index (χ3v) is 6.16. The molecule has 0 spiro atoms. The predicted molar refractivity (Wildman–Crippen MR) is 127 cm³/mol. The molecule has 0 amide bonds. The van der Waals surface area contributed by atoms with Crippen molar-refractivity contribution in [1.29, 1.82) is 0 Å². The van der Waals surface area contributed by atoms with Crippen molar-refractivity contribution in [2.75, 3.05) is 0 Å². The molecule has 0 saturated heterocycles. The third-order valence-electron chi connectivity index (χ3n) is 5.67. The molecule has 0 aliphatic heterocycles. The number of halogens is 1. The van der Waals surface area contributed by atoms with Crippen molar-refractivity contribution in [2.45, 2.75) is 0 Å². The molecule has 1 nitrogen and oxygen atoms in total. The van der Waals surface area contributed by atoms with Crippen molar-refractivity contribution < 1.29 is 0 Å². The second kappa shape index (κ2) is 6.40. The number of hydrogen-bond acceptors (Lipinski definition) is 1. The number of fused-ring (bicyclic) bond motifs is 5.